The fraction of sp³-hybridized carbons (Fsp3) is 0.400. The van der Waals surface area contributed by atoms with Crippen molar-refractivity contribution < 1.29 is 23.7 Å². The first kappa shape index (κ1) is 13.7. The molecule has 0 aliphatic heterocycles. The number of carbonyl (C=O) groups excluding carboxylic acids is 2. The third kappa shape index (κ3) is 3.89. The Hall–Kier alpha value is -2.38. The summed E-state index contributed by atoms with van der Waals surface area (Å²) in [5.41, 5.74) is 0. The Bertz CT molecular complexity index is 453. The summed E-state index contributed by atoms with van der Waals surface area (Å²) in [6.07, 6.45) is 0.768. The first-order valence-corrected chi connectivity index (χ1v) is 5.22. The average Bonchev–Trinajstić information content (AvgIpc) is 2.83. The van der Waals surface area contributed by atoms with Crippen LogP contribution in [0.4, 0.5) is 5.88 Å². The fourth-order valence-corrected chi connectivity index (χ4v) is 1.05. The number of hydrogen-bond donors (Lipinski definition) is 1. The van der Waals surface area contributed by atoms with Gasteiger partial charge < -0.3 is 14.5 Å². The normalized spacial score (nSPS) is 9.83. The van der Waals surface area contributed by atoms with Crippen LogP contribution in [0.1, 0.15) is 23.9 Å². The molecule has 0 saturated carbocycles. The maximum atomic E-state index is 11.3. The summed E-state index contributed by atoms with van der Waals surface area (Å²) < 4.78 is 9.23. The maximum Gasteiger partial charge on any atom is 0.433 e. The monoisotopic (exact) mass is 256 g/mol. The lowest BCUT2D eigenvalue weighted by Gasteiger charge is -2.03. The van der Waals surface area contributed by atoms with Crippen LogP contribution >= 0.6 is 0 Å². The summed E-state index contributed by atoms with van der Waals surface area (Å²) in [6, 6.07) is 2.15. The number of hydrogen-bond acceptors (Lipinski definition) is 6. The van der Waals surface area contributed by atoms with E-state index in [1.165, 1.54) is 0 Å². The molecule has 0 aliphatic rings. The van der Waals surface area contributed by atoms with E-state index in [0.717, 1.165) is 18.6 Å². The molecular weight excluding hydrogens is 244 g/mol. The molecule has 0 bridgehead atoms. The zero-order valence-corrected chi connectivity index (χ0v) is 9.67. The Morgan fingerprint density at radius 2 is 2.22 bits per heavy atom. The second-order valence-corrected chi connectivity index (χ2v) is 3.32. The van der Waals surface area contributed by atoms with Crippen molar-refractivity contribution in [2.24, 2.45) is 0 Å². The minimum atomic E-state index is -0.922. The van der Waals surface area contributed by atoms with Crippen LogP contribution in [0, 0.1) is 10.1 Å². The van der Waals surface area contributed by atoms with Gasteiger partial charge in [0.15, 0.2) is 6.61 Å². The molecule has 1 rings (SSSR count). The van der Waals surface area contributed by atoms with Crippen molar-refractivity contribution in [3.05, 3.63) is 28.0 Å². The number of nitrogens with one attached hydrogen (secondary N) is 1. The molecule has 1 amide bonds. The van der Waals surface area contributed by atoms with Crippen LogP contribution in [-0.2, 0) is 9.53 Å². The molecule has 0 saturated heterocycles. The molecular formula is C10H12N2O6. The third-order valence-corrected chi connectivity index (χ3v) is 1.88. The second kappa shape index (κ2) is 6.38. The van der Waals surface area contributed by atoms with Crippen LogP contribution in [0.25, 0.3) is 0 Å². The minimum absolute atomic E-state index is 0.315. The molecule has 0 unspecified atom stereocenters. The van der Waals surface area contributed by atoms with Crippen molar-refractivity contribution in [3.63, 3.8) is 0 Å². The van der Waals surface area contributed by atoms with Crippen LogP contribution in [0.15, 0.2) is 16.5 Å². The molecule has 0 aliphatic carbocycles. The summed E-state index contributed by atoms with van der Waals surface area (Å²) >= 11 is 0. The van der Waals surface area contributed by atoms with Crippen molar-refractivity contribution in [1.29, 1.82) is 0 Å². The molecule has 0 atom stereocenters. The highest BCUT2D eigenvalue weighted by Crippen LogP contribution is 2.16. The van der Waals surface area contributed by atoms with Crippen molar-refractivity contribution in [1.82, 2.24) is 5.32 Å². The molecule has 8 heteroatoms. The van der Waals surface area contributed by atoms with E-state index in [9.17, 15) is 19.7 Å². The predicted octanol–water partition coefficient (Wildman–Crippen LogP) is 0.871. The van der Waals surface area contributed by atoms with Crippen LogP contribution in [0.3, 0.4) is 0 Å². The molecule has 0 fully saturated rings. The lowest BCUT2D eigenvalue weighted by atomic mass is 10.4. The van der Waals surface area contributed by atoms with E-state index in [-0.39, 0.29) is 5.76 Å². The molecule has 1 aromatic rings. The first-order chi connectivity index (χ1) is 8.54. The molecule has 0 aromatic carbocycles. The Morgan fingerprint density at radius 3 is 2.78 bits per heavy atom. The van der Waals surface area contributed by atoms with Crippen molar-refractivity contribution in [3.8, 4) is 0 Å². The summed E-state index contributed by atoms with van der Waals surface area (Å²) in [6.45, 7) is 1.92. The zero-order chi connectivity index (χ0) is 13.5. The minimum Gasteiger partial charge on any atom is -0.450 e. The van der Waals surface area contributed by atoms with Gasteiger partial charge in [-0.05, 0) is 12.5 Å². The summed E-state index contributed by atoms with van der Waals surface area (Å²) in [5.74, 6) is -2.23. The zero-order valence-electron chi connectivity index (χ0n) is 9.67. The first-order valence-electron chi connectivity index (χ1n) is 5.22. The Morgan fingerprint density at radius 1 is 1.50 bits per heavy atom. The summed E-state index contributed by atoms with van der Waals surface area (Å²) in [4.78, 5) is 32.0. The SMILES string of the molecule is CCCNC(=O)COC(=O)c1ccc([N+](=O)[O-])o1. The summed E-state index contributed by atoms with van der Waals surface area (Å²) in [7, 11) is 0. The van der Waals surface area contributed by atoms with Gasteiger partial charge >= 0.3 is 11.9 Å². The van der Waals surface area contributed by atoms with E-state index in [4.69, 9.17) is 0 Å². The molecule has 1 N–H and O–H groups in total. The van der Waals surface area contributed by atoms with Gasteiger partial charge in [0, 0.05) is 6.54 Å². The van der Waals surface area contributed by atoms with Crippen molar-refractivity contribution in [2.45, 2.75) is 13.3 Å². The third-order valence-electron chi connectivity index (χ3n) is 1.88. The van der Waals surface area contributed by atoms with E-state index in [1.807, 2.05) is 6.92 Å². The second-order valence-electron chi connectivity index (χ2n) is 3.32. The van der Waals surface area contributed by atoms with E-state index in [1.54, 1.807) is 0 Å². The molecule has 0 spiro atoms. The van der Waals surface area contributed by atoms with Crippen LogP contribution in [0.5, 0.6) is 0 Å². The summed E-state index contributed by atoms with van der Waals surface area (Å²) in [5, 5.41) is 12.8. The van der Waals surface area contributed by atoms with E-state index >= 15 is 0 Å². The van der Waals surface area contributed by atoms with E-state index in [0.29, 0.717) is 6.54 Å². The average molecular weight is 256 g/mol. The Kier molecular flexibility index (Phi) is 4.85. The van der Waals surface area contributed by atoms with Gasteiger partial charge in [0.1, 0.15) is 4.92 Å². The molecule has 1 heterocycles. The van der Waals surface area contributed by atoms with Gasteiger partial charge in [0.2, 0.25) is 5.76 Å². The largest absolute Gasteiger partial charge is 0.450 e. The van der Waals surface area contributed by atoms with Crippen LogP contribution < -0.4 is 5.32 Å². The molecule has 98 valence electrons. The molecule has 0 radical (unpaired) electrons. The van der Waals surface area contributed by atoms with Gasteiger partial charge in [-0.1, -0.05) is 6.92 Å². The van der Waals surface area contributed by atoms with Crippen LogP contribution in [0.2, 0.25) is 0 Å². The quantitative estimate of drug-likeness (QED) is 0.459. The number of esters is 1. The number of nitrogens with zero attached hydrogens (tertiary/aromatic N) is 1. The lowest BCUT2D eigenvalue weighted by molar-refractivity contribution is -0.402. The number of ether oxygens (including phenoxy) is 1. The van der Waals surface area contributed by atoms with Gasteiger partial charge in [-0.3, -0.25) is 14.9 Å². The standard InChI is InChI=1S/C10H12N2O6/c1-2-5-11-8(13)6-17-10(14)7-3-4-9(18-7)12(15)16/h3-4H,2,5-6H2,1H3,(H,11,13). The van der Waals surface area contributed by atoms with E-state index < -0.39 is 29.3 Å². The number of amides is 1. The van der Waals surface area contributed by atoms with Gasteiger partial charge in [-0.2, -0.15) is 0 Å². The number of furan rings is 1. The fourth-order valence-electron chi connectivity index (χ4n) is 1.05. The van der Waals surface area contributed by atoms with Gasteiger partial charge in [0.05, 0.1) is 6.07 Å². The van der Waals surface area contributed by atoms with Crippen LogP contribution in [-0.4, -0.2) is 30.0 Å². The molecule has 1 aromatic heterocycles. The highest BCUT2D eigenvalue weighted by molar-refractivity contribution is 5.89. The Balaban J connectivity index is 2.45. The van der Waals surface area contributed by atoms with Crippen molar-refractivity contribution >= 4 is 17.8 Å². The highest BCUT2D eigenvalue weighted by atomic mass is 16.7. The predicted molar refractivity (Wildman–Crippen MR) is 58.9 cm³/mol. The topological polar surface area (TPSA) is 112 Å². The van der Waals surface area contributed by atoms with Gasteiger partial charge in [-0.25, -0.2) is 4.79 Å². The smallest absolute Gasteiger partial charge is 0.433 e. The van der Waals surface area contributed by atoms with E-state index in [2.05, 4.69) is 14.5 Å². The molecule has 8 nitrogen and oxygen atoms in total. The Labute approximate surface area is 102 Å². The number of carbonyl (C=O) groups is 2. The van der Waals surface area contributed by atoms with Crippen molar-refractivity contribution in [2.75, 3.05) is 13.2 Å². The number of nitro groups is 1. The highest BCUT2D eigenvalue weighted by Gasteiger charge is 2.19. The molecule has 18 heavy (non-hydrogen) atoms. The maximum absolute atomic E-state index is 11.3. The van der Waals surface area contributed by atoms with Gasteiger partial charge in [-0.15, -0.1) is 0 Å². The lowest BCUT2D eigenvalue weighted by Crippen LogP contribution is -2.29. The number of rotatable bonds is 6. The van der Waals surface area contributed by atoms with Gasteiger partial charge in [0.25, 0.3) is 5.91 Å².